The average Bonchev–Trinajstić information content (AvgIpc) is 2.53. The van der Waals surface area contributed by atoms with E-state index < -0.39 is 0 Å². The standard InChI is InChI=1S/C17H17NO2S/c1-18-15-12(9-8-11-6-4-5-7-13(11)15)10-14(21-3)16(18)17(19)20-2/h4-9H,10H2,1-3H3. The van der Waals surface area contributed by atoms with Crippen molar-refractivity contribution in [2.75, 3.05) is 25.3 Å². The molecule has 1 aliphatic rings. The number of fused-ring (bicyclic) bond motifs is 3. The molecule has 0 amide bonds. The van der Waals surface area contributed by atoms with Crippen LogP contribution in [0.3, 0.4) is 0 Å². The molecule has 21 heavy (non-hydrogen) atoms. The number of anilines is 1. The van der Waals surface area contributed by atoms with Crippen molar-refractivity contribution in [2.45, 2.75) is 6.42 Å². The number of hydrogen-bond donors (Lipinski definition) is 0. The topological polar surface area (TPSA) is 29.5 Å². The zero-order valence-corrected chi connectivity index (χ0v) is 13.2. The predicted octanol–water partition coefficient (Wildman–Crippen LogP) is 3.58. The minimum Gasteiger partial charge on any atom is -0.464 e. The minimum absolute atomic E-state index is 0.277. The zero-order chi connectivity index (χ0) is 15.0. The number of benzene rings is 2. The van der Waals surface area contributed by atoms with Crippen molar-refractivity contribution < 1.29 is 9.53 Å². The largest absolute Gasteiger partial charge is 0.464 e. The molecule has 0 atom stereocenters. The Hall–Kier alpha value is -1.94. The Bertz CT molecular complexity index is 752. The van der Waals surface area contributed by atoms with E-state index in [1.165, 1.54) is 23.4 Å². The van der Waals surface area contributed by atoms with Crippen LogP contribution in [0.4, 0.5) is 5.69 Å². The second kappa shape index (κ2) is 5.45. The van der Waals surface area contributed by atoms with E-state index in [9.17, 15) is 4.79 Å². The SMILES string of the molecule is COC(=O)C1=C(SC)Cc2ccc3ccccc3c2N1C. The van der Waals surface area contributed by atoms with Crippen LogP contribution in [0.25, 0.3) is 10.8 Å². The van der Waals surface area contributed by atoms with E-state index in [0.717, 1.165) is 17.0 Å². The molecule has 0 aromatic heterocycles. The second-order valence-corrected chi connectivity index (χ2v) is 5.90. The normalized spacial score (nSPS) is 14.3. The van der Waals surface area contributed by atoms with Crippen LogP contribution >= 0.6 is 11.8 Å². The molecule has 3 rings (SSSR count). The summed E-state index contributed by atoms with van der Waals surface area (Å²) in [6.07, 6.45) is 2.77. The highest BCUT2D eigenvalue weighted by Crippen LogP contribution is 2.40. The van der Waals surface area contributed by atoms with Crippen LogP contribution in [0, 0.1) is 0 Å². The van der Waals surface area contributed by atoms with Crippen molar-refractivity contribution in [3.05, 3.63) is 52.6 Å². The summed E-state index contributed by atoms with van der Waals surface area (Å²) in [6, 6.07) is 12.5. The molecule has 0 fully saturated rings. The van der Waals surface area contributed by atoms with E-state index in [1.807, 2.05) is 30.3 Å². The number of likely N-dealkylation sites (N-methyl/N-ethyl adjacent to an activating group) is 1. The lowest BCUT2D eigenvalue weighted by Gasteiger charge is -2.31. The van der Waals surface area contributed by atoms with Gasteiger partial charge >= 0.3 is 5.97 Å². The molecule has 0 aliphatic carbocycles. The molecule has 1 aliphatic heterocycles. The van der Waals surface area contributed by atoms with Gasteiger partial charge in [0.1, 0.15) is 5.70 Å². The number of rotatable bonds is 2. The van der Waals surface area contributed by atoms with E-state index in [2.05, 4.69) is 24.3 Å². The van der Waals surface area contributed by atoms with Crippen LogP contribution in [0.2, 0.25) is 0 Å². The molecule has 0 bridgehead atoms. The molecule has 0 unspecified atom stereocenters. The highest BCUT2D eigenvalue weighted by molar-refractivity contribution is 8.02. The fraction of sp³-hybridized carbons (Fsp3) is 0.235. The molecule has 0 N–H and O–H groups in total. The number of ether oxygens (including phenoxy) is 1. The number of carbonyl (C=O) groups excluding carboxylic acids is 1. The minimum atomic E-state index is -0.277. The lowest BCUT2D eigenvalue weighted by atomic mass is 9.97. The van der Waals surface area contributed by atoms with Crippen LogP contribution in [0.5, 0.6) is 0 Å². The summed E-state index contributed by atoms with van der Waals surface area (Å²) in [5.41, 5.74) is 2.99. The van der Waals surface area contributed by atoms with Crippen molar-refractivity contribution >= 4 is 34.2 Å². The number of methoxy groups -OCH3 is 1. The lowest BCUT2D eigenvalue weighted by Crippen LogP contribution is -2.30. The van der Waals surface area contributed by atoms with Gasteiger partial charge in [0.15, 0.2) is 0 Å². The number of hydrogen-bond acceptors (Lipinski definition) is 4. The Labute approximate surface area is 128 Å². The van der Waals surface area contributed by atoms with E-state index in [4.69, 9.17) is 4.74 Å². The number of allylic oxidation sites excluding steroid dienone is 1. The van der Waals surface area contributed by atoms with Gasteiger partial charge in [0, 0.05) is 23.8 Å². The third kappa shape index (κ3) is 2.20. The third-order valence-electron chi connectivity index (χ3n) is 3.90. The van der Waals surface area contributed by atoms with Gasteiger partial charge in [-0.2, -0.15) is 0 Å². The number of esters is 1. The van der Waals surface area contributed by atoms with Crippen molar-refractivity contribution in [2.24, 2.45) is 0 Å². The first kappa shape index (κ1) is 14.0. The fourth-order valence-corrected chi connectivity index (χ4v) is 3.62. The zero-order valence-electron chi connectivity index (χ0n) is 12.3. The highest BCUT2D eigenvalue weighted by Gasteiger charge is 2.29. The summed E-state index contributed by atoms with van der Waals surface area (Å²) in [5, 5.41) is 2.35. The monoisotopic (exact) mass is 299 g/mol. The van der Waals surface area contributed by atoms with Gasteiger partial charge in [0.25, 0.3) is 0 Å². The molecule has 0 radical (unpaired) electrons. The maximum absolute atomic E-state index is 12.2. The summed E-state index contributed by atoms with van der Waals surface area (Å²) in [6.45, 7) is 0. The third-order valence-corrected chi connectivity index (χ3v) is 4.73. The molecule has 2 aromatic rings. The van der Waals surface area contributed by atoms with Gasteiger partial charge in [-0.1, -0.05) is 36.4 Å². The Kier molecular flexibility index (Phi) is 3.64. The van der Waals surface area contributed by atoms with Crippen LogP contribution in [-0.2, 0) is 16.0 Å². The van der Waals surface area contributed by atoms with E-state index >= 15 is 0 Å². The van der Waals surface area contributed by atoms with Gasteiger partial charge < -0.3 is 9.64 Å². The molecule has 2 aromatic carbocycles. The van der Waals surface area contributed by atoms with Crippen LogP contribution in [0.15, 0.2) is 47.0 Å². The molecule has 0 saturated carbocycles. The quantitative estimate of drug-likeness (QED) is 0.793. The summed E-state index contributed by atoms with van der Waals surface area (Å²) in [4.78, 5) is 15.2. The molecule has 0 spiro atoms. The molecular formula is C17H17NO2S. The number of carbonyl (C=O) groups is 1. The number of nitrogens with zero attached hydrogens (tertiary/aromatic N) is 1. The van der Waals surface area contributed by atoms with E-state index in [-0.39, 0.29) is 5.97 Å². The highest BCUT2D eigenvalue weighted by atomic mass is 32.2. The summed E-state index contributed by atoms with van der Waals surface area (Å²) >= 11 is 1.61. The summed E-state index contributed by atoms with van der Waals surface area (Å²) in [7, 11) is 3.37. The predicted molar refractivity (Wildman–Crippen MR) is 88.6 cm³/mol. The molecule has 0 saturated heterocycles. The first-order chi connectivity index (χ1) is 10.2. The molecule has 108 valence electrons. The van der Waals surface area contributed by atoms with Crippen molar-refractivity contribution in [1.82, 2.24) is 0 Å². The molecule has 1 heterocycles. The first-order valence-electron chi connectivity index (χ1n) is 6.77. The van der Waals surface area contributed by atoms with Gasteiger partial charge in [0.05, 0.1) is 12.8 Å². The number of thioether (sulfide) groups is 1. The summed E-state index contributed by atoms with van der Waals surface area (Å²) < 4.78 is 4.97. The van der Waals surface area contributed by atoms with Gasteiger partial charge in [-0.05, 0) is 17.2 Å². The van der Waals surface area contributed by atoms with Gasteiger partial charge in [-0.25, -0.2) is 4.79 Å². The van der Waals surface area contributed by atoms with E-state index in [0.29, 0.717) is 5.70 Å². The molecule has 3 nitrogen and oxygen atoms in total. The Morgan fingerprint density at radius 3 is 2.71 bits per heavy atom. The summed E-state index contributed by atoms with van der Waals surface area (Å²) in [5.74, 6) is -0.277. The molecular weight excluding hydrogens is 282 g/mol. The van der Waals surface area contributed by atoms with E-state index in [1.54, 1.807) is 11.8 Å². The fourth-order valence-electron chi connectivity index (χ4n) is 2.91. The van der Waals surface area contributed by atoms with Gasteiger partial charge in [-0.3, -0.25) is 0 Å². The second-order valence-electron chi connectivity index (χ2n) is 5.00. The Morgan fingerprint density at radius 2 is 2.00 bits per heavy atom. The Morgan fingerprint density at radius 1 is 1.24 bits per heavy atom. The smallest absolute Gasteiger partial charge is 0.355 e. The van der Waals surface area contributed by atoms with Crippen LogP contribution in [-0.4, -0.2) is 26.4 Å². The van der Waals surface area contributed by atoms with Crippen LogP contribution in [0.1, 0.15) is 5.56 Å². The van der Waals surface area contributed by atoms with Gasteiger partial charge in [-0.15, -0.1) is 11.8 Å². The average molecular weight is 299 g/mol. The van der Waals surface area contributed by atoms with Crippen molar-refractivity contribution in [3.8, 4) is 0 Å². The first-order valence-corrected chi connectivity index (χ1v) is 7.99. The van der Waals surface area contributed by atoms with Crippen LogP contribution < -0.4 is 4.90 Å². The lowest BCUT2D eigenvalue weighted by molar-refractivity contribution is -0.136. The maximum atomic E-state index is 12.2. The molecule has 4 heteroatoms. The van der Waals surface area contributed by atoms with Crippen molar-refractivity contribution in [1.29, 1.82) is 0 Å². The Balaban J connectivity index is 2.24. The van der Waals surface area contributed by atoms with Gasteiger partial charge in [0.2, 0.25) is 0 Å². The van der Waals surface area contributed by atoms with Crippen molar-refractivity contribution in [3.63, 3.8) is 0 Å². The maximum Gasteiger partial charge on any atom is 0.355 e.